The molecule has 0 bridgehead atoms. The lowest BCUT2D eigenvalue weighted by molar-refractivity contribution is -0.146. The number of hydrogen-bond acceptors (Lipinski definition) is 3. The fourth-order valence-electron chi connectivity index (χ4n) is 3.46. The molecule has 2 N–H and O–H groups in total. The first-order chi connectivity index (χ1) is 9.45. The van der Waals surface area contributed by atoms with Crippen LogP contribution in [0.15, 0.2) is 0 Å². The number of carboxylic acid groups (broad SMARTS) is 1. The molecule has 1 saturated carbocycles. The van der Waals surface area contributed by atoms with E-state index in [0.717, 1.165) is 25.9 Å². The Bertz CT molecular complexity index is 376. The van der Waals surface area contributed by atoms with Gasteiger partial charge in [0.25, 0.3) is 0 Å². The highest BCUT2D eigenvalue weighted by molar-refractivity contribution is 5.85. The average molecular weight is 283 g/mol. The number of carboxylic acids is 1. The molecule has 0 aromatic carbocycles. The fraction of sp³-hybridized carbons (Fsp3) is 0.867. The first-order valence-electron chi connectivity index (χ1n) is 7.58. The Hall–Kier alpha value is -1.10. The SMILES string of the molecule is CCC1CC(C(=O)O)C(C(=O)NC2(C)CCCOC2)C1. The van der Waals surface area contributed by atoms with Gasteiger partial charge in [0.2, 0.25) is 5.91 Å². The van der Waals surface area contributed by atoms with E-state index in [1.54, 1.807) is 0 Å². The molecule has 1 aliphatic heterocycles. The molecular formula is C15H25NO4. The Morgan fingerprint density at radius 1 is 1.35 bits per heavy atom. The Morgan fingerprint density at radius 3 is 2.60 bits per heavy atom. The summed E-state index contributed by atoms with van der Waals surface area (Å²) in [5.74, 6) is -1.53. The molecule has 1 amide bonds. The van der Waals surface area contributed by atoms with Crippen molar-refractivity contribution >= 4 is 11.9 Å². The second-order valence-electron chi connectivity index (χ2n) is 6.50. The largest absolute Gasteiger partial charge is 0.481 e. The number of nitrogens with one attached hydrogen (secondary N) is 1. The van der Waals surface area contributed by atoms with Gasteiger partial charge in [0, 0.05) is 6.61 Å². The van der Waals surface area contributed by atoms with Gasteiger partial charge in [-0.2, -0.15) is 0 Å². The summed E-state index contributed by atoms with van der Waals surface area (Å²) in [6.07, 6.45) is 4.07. The molecule has 4 unspecified atom stereocenters. The summed E-state index contributed by atoms with van der Waals surface area (Å²) in [6, 6.07) is 0. The highest BCUT2D eigenvalue weighted by Gasteiger charge is 2.43. The molecule has 0 radical (unpaired) electrons. The average Bonchev–Trinajstić information content (AvgIpc) is 2.83. The molecule has 20 heavy (non-hydrogen) atoms. The van der Waals surface area contributed by atoms with Gasteiger partial charge in [-0.3, -0.25) is 9.59 Å². The zero-order valence-corrected chi connectivity index (χ0v) is 12.4. The van der Waals surface area contributed by atoms with Crippen LogP contribution in [0.5, 0.6) is 0 Å². The van der Waals surface area contributed by atoms with Crippen LogP contribution in [0, 0.1) is 17.8 Å². The number of amides is 1. The predicted molar refractivity (Wildman–Crippen MR) is 74.2 cm³/mol. The summed E-state index contributed by atoms with van der Waals surface area (Å²) in [4.78, 5) is 23.8. The summed E-state index contributed by atoms with van der Waals surface area (Å²) < 4.78 is 5.43. The molecule has 5 nitrogen and oxygen atoms in total. The quantitative estimate of drug-likeness (QED) is 0.825. The Balaban J connectivity index is 2.01. The molecule has 4 atom stereocenters. The van der Waals surface area contributed by atoms with Crippen molar-refractivity contribution in [3.63, 3.8) is 0 Å². The Kier molecular flexibility index (Phi) is 4.68. The molecule has 0 aromatic rings. The molecule has 0 aromatic heterocycles. The van der Waals surface area contributed by atoms with Gasteiger partial charge in [-0.1, -0.05) is 13.3 Å². The minimum absolute atomic E-state index is 0.110. The van der Waals surface area contributed by atoms with Crippen LogP contribution in [-0.2, 0) is 14.3 Å². The van der Waals surface area contributed by atoms with E-state index in [-0.39, 0.29) is 11.4 Å². The first-order valence-corrected chi connectivity index (χ1v) is 7.58. The van der Waals surface area contributed by atoms with E-state index in [1.807, 2.05) is 6.92 Å². The van der Waals surface area contributed by atoms with Gasteiger partial charge in [0.05, 0.1) is 24.0 Å². The number of carbonyl (C=O) groups is 2. The third-order valence-electron chi connectivity index (χ3n) is 4.75. The van der Waals surface area contributed by atoms with Crippen molar-refractivity contribution < 1.29 is 19.4 Å². The highest BCUT2D eigenvalue weighted by atomic mass is 16.5. The van der Waals surface area contributed by atoms with Crippen LogP contribution < -0.4 is 5.32 Å². The lowest BCUT2D eigenvalue weighted by atomic mass is 9.90. The molecule has 1 aliphatic carbocycles. The molecule has 5 heteroatoms. The van der Waals surface area contributed by atoms with Crippen LogP contribution in [-0.4, -0.2) is 35.7 Å². The molecular weight excluding hydrogens is 258 g/mol. The van der Waals surface area contributed by atoms with Gasteiger partial charge in [0.15, 0.2) is 0 Å². The molecule has 114 valence electrons. The third-order valence-corrected chi connectivity index (χ3v) is 4.75. The van der Waals surface area contributed by atoms with Gasteiger partial charge < -0.3 is 15.2 Å². The van der Waals surface area contributed by atoms with Gasteiger partial charge in [0.1, 0.15) is 0 Å². The lowest BCUT2D eigenvalue weighted by Crippen LogP contribution is -2.53. The molecule has 2 aliphatic rings. The van der Waals surface area contributed by atoms with Crippen molar-refractivity contribution in [2.24, 2.45) is 17.8 Å². The summed E-state index contributed by atoms with van der Waals surface area (Å²) in [7, 11) is 0. The second kappa shape index (κ2) is 6.12. The first kappa shape index (κ1) is 15.3. The fourth-order valence-corrected chi connectivity index (χ4v) is 3.46. The minimum Gasteiger partial charge on any atom is -0.481 e. The summed E-state index contributed by atoms with van der Waals surface area (Å²) in [5.41, 5.74) is -0.345. The monoisotopic (exact) mass is 283 g/mol. The predicted octanol–water partition coefficient (Wildman–Crippen LogP) is 1.81. The minimum atomic E-state index is -0.842. The normalized spacial score (nSPS) is 37.6. The van der Waals surface area contributed by atoms with Crippen LogP contribution >= 0.6 is 0 Å². The number of hydrogen-bond donors (Lipinski definition) is 2. The van der Waals surface area contributed by atoms with Crippen molar-refractivity contribution in [1.29, 1.82) is 0 Å². The van der Waals surface area contributed by atoms with Gasteiger partial charge in [-0.05, 0) is 38.5 Å². The molecule has 2 rings (SSSR count). The number of rotatable bonds is 4. The summed E-state index contributed by atoms with van der Waals surface area (Å²) in [6.45, 7) is 5.29. The third kappa shape index (κ3) is 3.32. The van der Waals surface area contributed by atoms with E-state index in [1.165, 1.54) is 0 Å². The zero-order valence-electron chi connectivity index (χ0n) is 12.4. The number of carbonyl (C=O) groups excluding carboxylic acids is 1. The van der Waals surface area contributed by atoms with E-state index >= 15 is 0 Å². The maximum atomic E-state index is 12.5. The zero-order chi connectivity index (χ0) is 14.8. The number of ether oxygens (including phenoxy) is 1. The molecule has 2 fully saturated rings. The maximum Gasteiger partial charge on any atom is 0.307 e. The van der Waals surface area contributed by atoms with Gasteiger partial charge in [-0.15, -0.1) is 0 Å². The van der Waals surface area contributed by atoms with Crippen LogP contribution in [0.2, 0.25) is 0 Å². The Morgan fingerprint density at radius 2 is 2.05 bits per heavy atom. The molecule has 0 spiro atoms. The molecule has 1 heterocycles. The van der Waals surface area contributed by atoms with Crippen molar-refractivity contribution in [1.82, 2.24) is 5.32 Å². The Labute approximate surface area is 120 Å². The van der Waals surface area contributed by atoms with Crippen molar-refractivity contribution in [2.45, 2.75) is 51.5 Å². The highest BCUT2D eigenvalue weighted by Crippen LogP contribution is 2.39. The number of aliphatic carboxylic acids is 1. The second-order valence-corrected chi connectivity index (χ2v) is 6.50. The van der Waals surface area contributed by atoms with E-state index in [2.05, 4.69) is 12.2 Å². The van der Waals surface area contributed by atoms with E-state index in [0.29, 0.717) is 25.4 Å². The van der Waals surface area contributed by atoms with Crippen molar-refractivity contribution in [3.05, 3.63) is 0 Å². The van der Waals surface area contributed by atoms with Crippen LogP contribution in [0.4, 0.5) is 0 Å². The summed E-state index contributed by atoms with van der Waals surface area (Å²) >= 11 is 0. The van der Waals surface area contributed by atoms with E-state index in [4.69, 9.17) is 4.74 Å². The maximum absolute atomic E-state index is 12.5. The molecule has 1 saturated heterocycles. The van der Waals surface area contributed by atoms with Crippen LogP contribution in [0.1, 0.15) is 46.0 Å². The van der Waals surface area contributed by atoms with Crippen LogP contribution in [0.25, 0.3) is 0 Å². The van der Waals surface area contributed by atoms with Crippen LogP contribution in [0.3, 0.4) is 0 Å². The van der Waals surface area contributed by atoms with Gasteiger partial charge >= 0.3 is 5.97 Å². The smallest absolute Gasteiger partial charge is 0.307 e. The topological polar surface area (TPSA) is 75.6 Å². The summed E-state index contributed by atoms with van der Waals surface area (Å²) in [5, 5.41) is 12.4. The van der Waals surface area contributed by atoms with Gasteiger partial charge in [-0.25, -0.2) is 0 Å². The standard InChI is InChI=1S/C15H25NO4/c1-3-10-7-11(12(8-10)14(18)19)13(17)16-15(2)5-4-6-20-9-15/h10-12H,3-9H2,1-2H3,(H,16,17)(H,18,19). The van der Waals surface area contributed by atoms with Crippen molar-refractivity contribution in [2.75, 3.05) is 13.2 Å². The van der Waals surface area contributed by atoms with Crippen molar-refractivity contribution in [3.8, 4) is 0 Å². The lowest BCUT2D eigenvalue weighted by Gasteiger charge is -2.35. The van der Waals surface area contributed by atoms with E-state index in [9.17, 15) is 14.7 Å². The van der Waals surface area contributed by atoms with E-state index < -0.39 is 17.8 Å².